The van der Waals surface area contributed by atoms with Crippen LogP contribution in [0.15, 0.2) is 36.7 Å². The lowest BCUT2D eigenvalue weighted by Gasteiger charge is -2.11. The molecule has 0 fully saturated rings. The number of para-hydroxylation sites is 2. The first kappa shape index (κ1) is 13.8. The van der Waals surface area contributed by atoms with Gasteiger partial charge in [-0.25, -0.2) is 9.97 Å². The fourth-order valence-electron chi connectivity index (χ4n) is 1.63. The molecule has 2 rings (SSSR count). The average molecular weight is 272 g/mol. The Morgan fingerprint density at radius 2 is 2.10 bits per heavy atom. The molecule has 0 saturated carbocycles. The first-order valence-corrected chi connectivity index (χ1v) is 6.29. The van der Waals surface area contributed by atoms with E-state index in [1.54, 1.807) is 18.2 Å². The van der Waals surface area contributed by atoms with Crippen LogP contribution < -0.4 is 15.4 Å². The van der Waals surface area contributed by atoms with Crippen molar-refractivity contribution in [1.29, 1.82) is 0 Å². The molecule has 20 heavy (non-hydrogen) atoms. The molecule has 1 aromatic heterocycles. The molecule has 2 N–H and O–H groups in total. The van der Waals surface area contributed by atoms with Gasteiger partial charge in [0.1, 0.15) is 12.1 Å². The number of ether oxygens (including phenoxy) is 1. The molecule has 1 aromatic carbocycles. The standard InChI is InChI=1S/C14H16N4O2/c1-3-15-13-8-14(17-9-16-13)20-12-7-5-4-6-11(12)18-10(2)19/h4-9H,3H2,1-2H3,(H,18,19)(H,15,16,17). The van der Waals surface area contributed by atoms with Crippen LogP contribution in [0.4, 0.5) is 11.5 Å². The highest BCUT2D eigenvalue weighted by molar-refractivity contribution is 5.90. The Morgan fingerprint density at radius 3 is 2.85 bits per heavy atom. The number of amides is 1. The lowest BCUT2D eigenvalue weighted by atomic mass is 10.3. The predicted molar refractivity (Wildman–Crippen MR) is 77.0 cm³/mol. The second-order valence-electron chi connectivity index (χ2n) is 4.05. The van der Waals surface area contributed by atoms with Crippen molar-refractivity contribution in [1.82, 2.24) is 9.97 Å². The Morgan fingerprint density at radius 1 is 1.30 bits per heavy atom. The number of carbonyl (C=O) groups excluding carboxylic acids is 1. The van der Waals surface area contributed by atoms with Crippen LogP contribution in [-0.2, 0) is 4.79 Å². The third kappa shape index (κ3) is 3.68. The summed E-state index contributed by atoms with van der Waals surface area (Å²) in [5.74, 6) is 1.48. The molecule has 0 spiro atoms. The molecule has 1 amide bonds. The van der Waals surface area contributed by atoms with Crippen LogP contribution in [0, 0.1) is 0 Å². The molecule has 0 aliphatic heterocycles. The maximum Gasteiger partial charge on any atom is 0.224 e. The quantitative estimate of drug-likeness (QED) is 0.875. The van der Waals surface area contributed by atoms with Gasteiger partial charge in [0.05, 0.1) is 5.69 Å². The highest BCUT2D eigenvalue weighted by Crippen LogP contribution is 2.28. The van der Waals surface area contributed by atoms with Crippen LogP contribution >= 0.6 is 0 Å². The minimum absolute atomic E-state index is 0.155. The van der Waals surface area contributed by atoms with Gasteiger partial charge in [-0.3, -0.25) is 4.79 Å². The zero-order chi connectivity index (χ0) is 14.4. The van der Waals surface area contributed by atoms with Crippen molar-refractivity contribution in [3.8, 4) is 11.6 Å². The minimum atomic E-state index is -0.155. The average Bonchev–Trinajstić information content (AvgIpc) is 2.41. The lowest BCUT2D eigenvalue weighted by molar-refractivity contribution is -0.114. The van der Waals surface area contributed by atoms with E-state index in [0.29, 0.717) is 23.1 Å². The molecule has 104 valence electrons. The summed E-state index contributed by atoms with van der Waals surface area (Å²) in [6.07, 6.45) is 1.42. The van der Waals surface area contributed by atoms with Crippen LogP contribution in [-0.4, -0.2) is 22.4 Å². The zero-order valence-corrected chi connectivity index (χ0v) is 11.4. The van der Waals surface area contributed by atoms with E-state index in [-0.39, 0.29) is 5.91 Å². The van der Waals surface area contributed by atoms with Gasteiger partial charge in [0.2, 0.25) is 11.8 Å². The number of rotatable bonds is 5. The molecule has 0 saturated heterocycles. The third-order valence-corrected chi connectivity index (χ3v) is 2.41. The number of anilines is 2. The molecule has 1 heterocycles. The van der Waals surface area contributed by atoms with E-state index in [2.05, 4.69) is 20.6 Å². The number of benzene rings is 1. The van der Waals surface area contributed by atoms with Crippen molar-refractivity contribution in [2.45, 2.75) is 13.8 Å². The van der Waals surface area contributed by atoms with Gasteiger partial charge in [-0.05, 0) is 19.1 Å². The number of nitrogens with zero attached hydrogens (tertiary/aromatic N) is 2. The molecular weight excluding hydrogens is 256 g/mol. The molecule has 0 radical (unpaired) electrons. The summed E-state index contributed by atoms with van der Waals surface area (Å²) in [6, 6.07) is 8.88. The number of aromatic nitrogens is 2. The SMILES string of the molecule is CCNc1cc(Oc2ccccc2NC(C)=O)ncn1. The van der Waals surface area contributed by atoms with Gasteiger partial charge in [0.15, 0.2) is 5.75 Å². The predicted octanol–water partition coefficient (Wildman–Crippen LogP) is 2.66. The summed E-state index contributed by atoms with van der Waals surface area (Å²) in [6.45, 7) is 4.19. The van der Waals surface area contributed by atoms with Gasteiger partial charge in [0, 0.05) is 19.5 Å². The Labute approximate surface area is 117 Å². The maximum absolute atomic E-state index is 11.2. The molecule has 0 aliphatic carbocycles. The smallest absolute Gasteiger partial charge is 0.224 e. The normalized spacial score (nSPS) is 9.90. The van der Waals surface area contributed by atoms with Gasteiger partial charge in [-0.2, -0.15) is 0 Å². The Balaban J connectivity index is 2.21. The molecule has 6 nitrogen and oxygen atoms in total. The molecule has 0 aliphatic rings. The van der Waals surface area contributed by atoms with Crippen LogP contribution in [0.1, 0.15) is 13.8 Å². The van der Waals surface area contributed by atoms with E-state index >= 15 is 0 Å². The van der Waals surface area contributed by atoms with Crippen LogP contribution in [0.3, 0.4) is 0 Å². The summed E-state index contributed by atoms with van der Waals surface area (Å²) in [5.41, 5.74) is 0.601. The lowest BCUT2D eigenvalue weighted by Crippen LogP contribution is -2.07. The van der Waals surface area contributed by atoms with Gasteiger partial charge in [-0.15, -0.1) is 0 Å². The summed E-state index contributed by atoms with van der Waals surface area (Å²) in [7, 11) is 0. The van der Waals surface area contributed by atoms with E-state index in [0.717, 1.165) is 6.54 Å². The second kappa shape index (κ2) is 6.51. The fourth-order valence-corrected chi connectivity index (χ4v) is 1.63. The minimum Gasteiger partial charge on any atom is -0.437 e. The van der Waals surface area contributed by atoms with Crippen molar-refractivity contribution in [3.05, 3.63) is 36.7 Å². The molecule has 6 heteroatoms. The molecular formula is C14H16N4O2. The topological polar surface area (TPSA) is 76.1 Å². The van der Waals surface area contributed by atoms with Crippen molar-refractivity contribution in [3.63, 3.8) is 0 Å². The van der Waals surface area contributed by atoms with E-state index in [1.165, 1.54) is 13.3 Å². The third-order valence-electron chi connectivity index (χ3n) is 2.41. The first-order chi connectivity index (χ1) is 9.69. The van der Waals surface area contributed by atoms with Gasteiger partial charge in [0.25, 0.3) is 0 Å². The van der Waals surface area contributed by atoms with Crippen molar-refractivity contribution < 1.29 is 9.53 Å². The molecule has 0 unspecified atom stereocenters. The highest BCUT2D eigenvalue weighted by Gasteiger charge is 2.07. The van der Waals surface area contributed by atoms with Crippen molar-refractivity contribution in [2.24, 2.45) is 0 Å². The maximum atomic E-state index is 11.2. The number of hydrogen-bond donors (Lipinski definition) is 2. The van der Waals surface area contributed by atoms with Crippen LogP contribution in [0.5, 0.6) is 11.6 Å². The van der Waals surface area contributed by atoms with E-state index < -0.39 is 0 Å². The summed E-state index contributed by atoms with van der Waals surface area (Å²) in [4.78, 5) is 19.3. The Kier molecular flexibility index (Phi) is 4.49. The zero-order valence-electron chi connectivity index (χ0n) is 11.4. The van der Waals surface area contributed by atoms with Crippen molar-refractivity contribution >= 4 is 17.4 Å². The number of nitrogens with one attached hydrogen (secondary N) is 2. The summed E-state index contributed by atoms with van der Waals surface area (Å²) in [5, 5.41) is 5.79. The van der Waals surface area contributed by atoms with Gasteiger partial charge < -0.3 is 15.4 Å². The van der Waals surface area contributed by atoms with E-state index in [1.807, 2.05) is 19.1 Å². The molecule has 2 aromatic rings. The van der Waals surface area contributed by atoms with E-state index in [9.17, 15) is 4.79 Å². The monoisotopic (exact) mass is 272 g/mol. The van der Waals surface area contributed by atoms with Crippen LogP contribution in [0.2, 0.25) is 0 Å². The molecule has 0 atom stereocenters. The fraction of sp³-hybridized carbons (Fsp3) is 0.214. The van der Waals surface area contributed by atoms with E-state index in [4.69, 9.17) is 4.74 Å². The van der Waals surface area contributed by atoms with Gasteiger partial charge in [-0.1, -0.05) is 12.1 Å². The summed E-state index contributed by atoms with van der Waals surface area (Å²) >= 11 is 0. The Bertz CT molecular complexity index is 601. The first-order valence-electron chi connectivity index (χ1n) is 6.29. The highest BCUT2D eigenvalue weighted by atomic mass is 16.5. The van der Waals surface area contributed by atoms with Crippen molar-refractivity contribution in [2.75, 3.05) is 17.2 Å². The number of hydrogen-bond acceptors (Lipinski definition) is 5. The molecule has 0 bridgehead atoms. The number of carbonyl (C=O) groups is 1. The Hall–Kier alpha value is -2.63. The largest absolute Gasteiger partial charge is 0.437 e. The second-order valence-corrected chi connectivity index (χ2v) is 4.05. The van der Waals surface area contributed by atoms with Gasteiger partial charge >= 0.3 is 0 Å². The van der Waals surface area contributed by atoms with Crippen LogP contribution in [0.25, 0.3) is 0 Å². The summed E-state index contributed by atoms with van der Waals surface area (Å²) < 4.78 is 5.69.